The molecule has 172 valence electrons. The van der Waals surface area contributed by atoms with E-state index in [1.165, 1.54) is 6.08 Å². The molecule has 0 aromatic heterocycles. The molecule has 10 heteroatoms. The van der Waals surface area contributed by atoms with Crippen molar-refractivity contribution >= 4 is 43.1 Å². The van der Waals surface area contributed by atoms with E-state index in [0.29, 0.717) is 21.9 Å². The van der Waals surface area contributed by atoms with E-state index in [1.807, 2.05) is 36.4 Å². The van der Waals surface area contributed by atoms with Gasteiger partial charge in [-0.25, -0.2) is 9.11 Å². The Bertz CT molecular complexity index is 1680. The van der Waals surface area contributed by atoms with E-state index >= 15 is 0 Å². The molecule has 3 aromatic carbocycles. The Labute approximate surface area is 196 Å². The fraction of sp³-hybridized carbons (Fsp3) is 0. The lowest BCUT2D eigenvalue weighted by Gasteiger charge is -2.30. The number of nitrogens with zero attached hydrogens (tertiary/aromatic N) is 1. The van der Waals surface area contributed by atoms with Crippen molar-refractivity contribution in [3.8, 4) is 0 Å². The van der Waals surface area contributed by atoms with Gasteiger partial charge in [0.2, 0.25) is 5.69 Å². The molecule has 3 N–H and O–H groups in total. The van der Waals surface area contributed by atoms with Crippen molar-refractivity contribution in [1.29, 1.82) is 0 Å². The van der Waals surface area contributed by atoms with Crippen LogP contribution in [0.15, 0.2) is 97.3 Å². The molecule has 3 aromatic rings. The molecule has 0 saturated heterocycles. The van der Waals surface area contributed by atoms with Gasteiger partial charge >= 0.3 is 20.6 Å². The van der Waals surface area contributed by atoms with Gasteiger partial charge in [-0.2, -0.15) is 0 Å². The molecule has 0 bridgehead atoms. The lowest BCUT2D eigenvalue weighted by atomic mass is 9.95. The van der Waals surface area contributed by atoms with Crippen molar-refractivity contribution in [2.75, 3.05) is 5.32 Å². The molecule has 0 aliphatic carbocycles. The summed E-state index contributed by atoms with van der Waals surface area (Å²) in [5.74, 6) is 0. The maximum atomic E-state index is 12.7. The highest BCUT2D eigenvalue weighted by Crippen LogP contribution is 2.38. The summed E-state index contributed by atoms with van der Waals surface area (Å²) in [5, 5.41) is 3.67. The summed E-state index contributed by atoms with van der Waals surface area (Å²) in [4.78, 5) is 0. The van der Waals surface area contributed by atoms with Crippen molar-refractivity contribution < 1.29 is 25.9 Å². The van der Waals surface area contributed by atoms with Crippen LogP contribution < -0.4 is 19.0 Å². The van der Waals surface area contributed by atoms with Crippen LogP contribution in [0.2, 0.25) is 0 Å². The second-order valence-electron chi connectivity index (χ2n) is 7.73. The fourth-order valence-electron chi connectivity index (χ4n) is 4.38. The molecule has 2 heterocycles. The summed E-state index contributed by atoms with van der Waals surface area (Å²) in [5.41, 5.74) is 2.54. The molecule has 0 fully saturated rings. The average Bonchev–Trinajstić information content (AvgIpc) is 2.82. The molecule has 0 saturated carbocycles. The molecule has 2 aliphatic rings. The minimum Gasteiger partial charge on any atom is -0.356 e. The van der Waals surface area contributed by atoms with Crippen molar-refractivity contribution in [3.05, 3.63) is 119 Å². The summed E-state index contributed by atoms with van der Waals surface area (Å²) in [6.07, 6.45) is 5.36. The zero-order valence-electron chi connectivity index (χ0n) is 17.5. The third kappa shape index (κ3) is 3.23. The van der Waals surface area contributed by atoms with Crippen molar-refractivity contribution in [1.82, 2.24) is 3.29 Å². The molecule has 0 radical (unpaired) electrons. The Hall–Kier alpha value is -3.54. The van der Waals surface area contributed by atoms with E-state index in [4.69, 9.17) is 0 Å². The van der Waals surface area contributed by atoms with Gasteiger partial charge in [-0.05, 0) is 32.1 Å². The van der Waals surface area contributed by atoms with Crippen LogP contribution >= 0.6 is 0 Å². The lowest BCUT2D eigenvalue weighted by Crippen LogP contribution is -2.57. The number of hydrogen-bond donors (Lipinski definition) is 3. The number of fused-ring (bicyclic) bond motifs is 3. The average molecular weight is 496 g/mol. The number of anilines is 1. The van der Waals surface area contributed by atoms with Crippen LogP contribution in [0, 0.1) is 0 Å². The van der Waals surface area contributed by atoms with Gasteiger partial charge in [0.15, 0.2) is 0 Å². The summed E-state index contributed by atoms with van der Waals surface area (Å²) >= 11 is 0. The van der Waals surface area contributed by atoms with Gasteiger partial charge in [-0.3, -0.25) is 0 Å². The van der Waals surface area contributed by atoms with Crippen LogP contribution in [0.4, 0.5) is 11.4 Å². The topological polar surface area (TPSA) is 121 Å². The van der Waals surface area contributed by atoms with E-state index in [0.717, 1.165) is 11.8 Å². The third-order valence-electron chi connectivity index (χ3n) is 5.84. The van der Waals surface area contributed by atoms with E-state index < -0.39 is 23.9 Å². The maximum absolute atomic E-state index is 12.7. The first-order valence-corrected chi connectivity index (χ1v) is 12.9. The standard InChI is InChI=1S/C24H18N2O6S2/c27-33(28,29)26(34(30,31)32)16-14-20(18-9-5-2-6-10-18)22-12-11-21-19(17-7-3-1-4-8-17)13-15-25-23(21)24(22)26/h1-16,25H,(H-,27,28,29,30,31,32)/p+1. The Balaban J connectivity index is 2.03. The number of nitrogens with one attached hydrogen (secondary N) is 1. The summed E-state index contributed by atoms with van der Waals surface area (Å²) in [6.45, 7) is 0. The van der Waals surface area contributed by atoms with E-state index in [9.17, 15) is 25.9 Å². The maximum Gasteiger partial charge on any atom is 0.459 e. The number of benzene rings is 3. The normalized spacial score (nSPS) is 16.5. The molecular formula is C24H19N2O6S2+. The van der Waals surface area contributed by atoms with E-state index in [2.05, 4.69) is 5.32 Å². The van der Waals surface area contributed by atoms with Crippen molar-refractivity contribution in [2.45, 2.75) is 0 Å². The molecule has 0 unspecified atom stereocenters. The summed E-state index contributed by atoms with van der Waals surface area (Å²) in [7, 11) is -10.9. The Morgan fingerprint density at radius 1 is 0.647 bits per heavy atom. The number of allylic oxidation sites excluding steroid dienone is 2. The molecule has 0 amide bonds. The minimum absolute atomic E-state index is 0.131. The first-order chi connectivity index (χ1) is 16.1. The highest BCUT2D eigenvalue weighted by atomic mass is 32.3. The fourth-order valence-corrected chi connectivity index (χ4v) is 6.60. The zero-order valence-corrected chi connectivity index (χ0v) is 19.2. The van der Waals surface area contributed by atoms with Gasteiger partial charge < -0.3 is 5.32 Å². The predicted molar refractivity (Wildman–Crippen MR) is 130 cm³/mol. The SMILES string of the molecule is O=S(=O)(O)[N+]1(S(=O)(=O)O)C=CC(c2ccccc2)=c2ccc3c(c21)NC=CC=3c1ccccc1. The minimum atomic E-state index is -5.45. The number of rotatable bonds is 4. The first kappa shape index (κ1) is 22.3. The molecule has 2 aliphatic heterocycles. The molecule has 5 rings (SSSR count). The Morgan fingerprint density at radius 3 is 1.68 bits per heavy atom. The smallest absolute Gasteiger partial charge is 0.356 e. The Kier molecular flexibility index (Phi) is 5.08. The van der Waals surface area contributed by atoms with Gasteiger partial charge in [-0.1, -0.05) is 66.7 Å². The molecular weight excluding hydrogens is 476 g/mol. The highest BCUT2D eigenvalue weighted by molar-refractivity contribution is 8.02. The molecule has 8 nitrogen and oxygen atoms in total. The van der Waals surface area contributed by atoms with Gasteiger partial charge in [-0.15, -0.1) is 16.8 Å². The predicted octanol–water partition coefficient (Wildman–Crippen LogP) is 2.46. The number of hydrogen-bond acceptors (Lipinski definition) is 5. The van der Waals surface area contributed by atoms with Crippen molar-refractivity contribution in [3.63, 3.8) is 0 Å². The monoisotopic (exact) mass is 495 g/mol. The molecule has 34 heavy (non-hydrogen) atoms. The van der Waals surface area contributed by atoms with Crippen LogP contribution in [-0.2, 0) is 20.6 Å². The molecule has 0 spiro atoms. The zero-order chi connectivity index (χ0) is 24.1. The highest BCUT2D eigenvalue weighted by Gasteiger charge is 2.57. The second-order valence-corrected chi connectivity index (χ2v) is 10.9. The van der Waals surface area contributed by atoms with Gasteiger partial charge in [0.05, 0.1) is 0 Å². The third-order valence-corrected chi connectivity index (χ3v) is 8.95. The van der Waals surface area contributed by atoms with Crippen molar-refractivity contribution in [2.24, 2.45) is 0 Å². The van der Waals surface area contributed by atoms with Gasteiger partial charge in [0.1, 0.15) is 11.9 Å². The molecule has 0 atom stereocenters. The van der Waals surface area contributed by atoms with Crippen LogP contribution in [0.25, 0.3) is 11.1 Å². The van der Waals surface area contributed by atoms with E-state index in [-0.39, 0.29) is 16.6 Å². The summed E-state index contributed by atoms with van der Waals surface area (Å²) in [6, 6.07) is 21.6. The van der Waals surface area contributed by atoms with Gasteiger partial charge in [0.25, 0.3) is 0 Å². The van der Waals surface area contributed by atoms with Crippen LogP contribution in [0.5, 0.6) is 0 Å². The van der Waals surface area contributed by atoms with Gasteiger partial charge in [0, 0.05) is 28.3 Å². The van der Waals surface area contributed by atoms with Crippen LogP contribution in [-0.4, -0.2) is 25.9 Å². The summed E-state index contributed by atoms with van der Waals surface area (Å²) < 4.78 is 68.9. The lowest BCUT2D eigenvalue weighted by molar-refractivity contribution is 0.410. The van der Waals surface area contributed by atoms with E-state index in [1.54, 1.807) is 48.7 Å². The quantitative estimate of drug-likeness (QED) is 0.376. The second kappa shape index (κ2) is 7.76. The van der Waals surface area contributed by atoms with Crippen LogP contribution in [0.3, 0.4) is 0 Å². The Morgan fingerprint density at radius 2 is 1.15 bits per heavy atom. The van der Waals surface area contributed by atoms with Crippen LogP contribution in [0.1, 0.15) is 11.1 Å². The number of quaternary nitrogens is 1. The largest absolute Gasteiger partial charge is 0.459 e. The first-order valence-electron chi connectivity index (χ1n) is 10.1.